The van der Waals surface area contributed by atoms with Gasteiger partial charge >= 0.3 is 0 Å². The van der Waals surface area contributed by atoms with E-state index in [2.05, 4.69) is 0 Å². The van der Waals surface area contributed by atoms with E-state index in [1.807, 2.05) is 0 Å². The summed E-state index contributed by atoms with van der Waals surface area (Å²) in [6.45, 7) is 0. The van der Waals surface area contributed by atoms with Crippen LogP contribution in [-0.4, -0.2) is 57.8 Å². The Morgan fingerprint density at radius 2 is 1.83 bits per heavy atom. The number of rotatable bonds is 2. The van der Waals surface area contributed by atoms with Crippen molar-refractivity contribution in [3.63, 3.8) is 0 Å². The largest absolute Gasteiger partial charge is 0.510 e. The molecule has 1 unspecified atom stereocenters. The van der Waals surface area contributed by atoms with E-state index in [4.69, 9.17) is 5.73 Å². The van der Waals surface area contributed by atoms with E-state index in [1.54, 1.807) is 31.1 Å². The van der Waals surface area contributed by atoms with Gasteiger partial charge in [0.15, 0.2) is 11.6 Å². The smallest absolute Gasteiger partial charge is 0.255 e. The number of aliphatic hydroxyl groups is 2. The van der Waals surface area contributed by atoms with Gasteiger partial charge in [-0.3, -0.25) is 19.3 Å². The molecule has 1 amide bonds. The molecule has 1 saturated carbocycles. The Bertz CT molecular complexity index is 1020. The number of aliphatic hydroxyl groups excluding tert-OH is 2. The van der Waals surface area contributed by atoms with Gasteiger partial charge < -0.3 is 21.1 Å². The Morgan fingerprint density at radius 3 is 2.45 bits per heavy atom. The molecule has 4 atom stereocenters. The van der Waals surface area contributed by atoms with Crippen molar-refractivity contribution in [2.75, 3.05) is 14.1 Å². The number of phenols is 1. The molecule has 0 spiro atoms. The van der Waals surface area contributed by atoms with Crippen LogP contribution < -0.4 is 5.73 Å². The molecular formula is C21H22N2O6. The third-order valence-corrected chi connectivity index (χ3v) is 6.30. The number of Topliss-reactive ketones (excluding diaryl/α,β-unsaturated/α-hetero) is 2. The average Bonchev–Trinajstić information content (AvgIpc) is 2.60. The van der Waals surface area contributed by atoms with Crippen molar-refractivity contribution in [3.05, 3.63) is 46.2 Å². The number of likely N-dealkylation sites (N-methyl/N-ethyl adjacent to an activating group) is 1. The Kier molecular flexibility index (Phi) is 4.27. The molecule has 0 bridgehead atoms. The van der Waals surface area contributed by atoms with Gasteiger partial charge in [-0.05, 0) is 50.4 Å². The number of benzene rings is 1. The molecule has 1 aromatic carbocycles. The monoisotopic (exact) mass is 398 g/mol. The minimum atomic E-state index is -1.22. The molecule has 3 aliphatic carbocycles. The summed E-state index contributed by atoms with van der Waals surface area (Å²) in [6.07, 6.45) is 0.773. The summed E-state index contributed by atoms with van der Waals surface area (Å²) in [4.78, 5) is 39.9. The first-order valence-electron chi connectivity index (χ1n) is 9.37. The highest BCUT2D eigenvalue weighted by Crippen LogP contribution is 2.50. The van der Waals surface area contributed by atoms with E-state index >= 15 is 0 Å². The molecule has 0 saturated heterocycles. The van der Waals surface area contributed by atoms with Crippen molar-refractivity contribution in [2.45, 2.75) is 18.9 Å². The van der Waals surface area contributed by atoms with Crippen LogP contribution >= 0.6 is 0 Å². The van der Waals surface area contributed by atoms with Crippen LogP contribution in [0, 0.1) is 17.8 Å². The number of carbonyl (C=O) groups excluding carboxylic acids is 3. The number of nitrogens with zero attached hydrogens (tertiary/aromatic N) is 1. The van der Waals surface area contributed by atoms with E-state index in [9.17, 15) is 29.7 Å². The van der Waals surface area contributed by atoms with Gasteiger partial charge in [0, 0.05) is 5.57 Å². The number of primary amides is 1. The van der Waals surface area contributed by atoms with Crippen molar-refractivity contribution in [1.82, 2.24) is 4.90 Å². The van der Waals surface area contributed by atoms with E-state index in [1.165, 1.54) is 6.07 Å². The molecule has 8 nitrogen and oxygen atoms in total. The third-order valence-electron chi connectivity index (χ3n) is 6.30. The lowest BCUT2D eigenvalue weighted by molar-refractivity contribution is -0.136. The lowest BCUT2D eigenvalue weighted by Crippen LogP contribution is -2.55. The summed E-state index contributed by atoms with van der Waals surface area (Å²) >= 11 is 0. The molecule has 4 rings (SSSR count). The maximum absolute atomic E-state index is 13.4. The Morgan fingerprint density at radius 1 is 1.14 bits per heavy atom. The molecule has 1 fully saturated rings. The Labute approximate surface area is 166 Å². The minimum Gasteiger partial charge on any atom is -0.510 e. The number of carbonyl (C=O) groups is 3. The second kappa shape index (κ2) is 6.45. The highest BCUT2D eigenvalue weighted by Gasteiger charge is 2.55. The van der Waals surface area contributed by atoms with Crippen LogP contribution in [0.5, 0.6) is 5.75 Å². The molecule has 5 N–H and O–H groups in total. The van der Waals surface area contributed by atoms with Gasteiger partial charge in [-0.15, -0.1) is 0 Å². The van der Waals surface area contributed by atoms with Crippen LogP contribution in [0.4, 0.5) is 0 Å². The van der Waals surface area contributed by atoms with Crippen molar-refractivity contribution < 1.29 is 29.7 Å². The number of fused-ring (bicyclic) bond motifs is 3. The topological polar surface area (TPSA) is 141 Å². The van der Waals surface area contributed by atoms with Crippen LogP contribution in [0.2, 0.25) is 0 Å². The first-order valence-corrected chi connectivity index (χ1v) is 9.37. The highest BCUT2D eigenvalue weighted by molar-refractivity contribution is 6.28. The number of nitrogens with two attached hydrogens (primary N) is 1. The summed E-state index contributed by atoms with van der Waals surface area (Å²) in [7, 11) is 3.38. The van der Waals surface area contributed by atoms with Gasteiger partial charge in [0.25, 0.3) is 5.91 Å². The number of hydrogen-bond acceptors (Lipinski definition) is 7. The fourth-order valence-electron chi connectivity index (χ4n) is 5.20. The normalized spacial score (nSPS) is 28.9. The third kappa shape index (κ3) is 2.59. The van der Waals surface area contributed by atoms with E-state index < -0.39 is 46.7 Å². The second-order valence-corrected chi connectivity index (χ2v) is 8.11. The fourth-order valence-corrected chi connectivity index (χ4v) is 5.20. The molecule has 152 valence electrons. The molecule has 29 heavy (non-hydrogen) atoms. The van der Waals surface area contributed by atoms with Gasteiger partial charge in [-0.1, -0.05) is 12.1 Å². The van der Waals surface area contributed by atoms with Gasteiger partial charge in [-0.25, -0.2) is 0 Å². The molecule has 0 heterocycles. The standard InChI is InChI=1S/C21H22N2O6/c1-23(2)16-10-7-9-6-8-4-3-5-11(24)12(8)17(25)13(9)18(26)14(10)19(27)15(20(16)28)21(22)29/h3-5,9-10,14,16,24-25,28H,6-7H2,1-2H3,(H2,22,29)/t9-,10+,14?,16-/m0/s1. The zero-order chi connectivity index (χ0) is 21.2. The van der Waals surface area contributed by atoms with Gasteiger partial charge in [0.1, 0.15) is 22.8 Å². The summed E-state index contributed by atoms with van der Waals surface area (Å²) in [5, 5.41) is 31.6. The van der Waals surface area contributed by atoms with Crippen molar-refractivity contribution in [3.8, 4) is 5.75 Å². The maximum atomic E-state index is 13.4. The molecule has 3 aliphatic rings. The maximum Gasteiger partial charge on any atom is 0.255 e. The van der Waals surface area contributed by atoms with Gasteiger partial charge in [0.05, 0.1) is 17.5 Å². The van der Waals surface area contributed by atoms with Gasteiger partial charge in [-0.2, -0.15) is 0 Å². The van der Waals surface area contributed by atoms with Gasteiger partial charge in [0.2, 0.25) is 0 Å². The molecule has 1 aromatic rings. The fraction of sp³-hybridized carbons (Fsp3) is 0.381. The first kappa shape index (κ1) is 19.2. The van der Waals surface area contributed by atoms with Crippen molar-refractivity contribution in [2.24, 2.45) is 23.5 Å². The number of allylic oxidation sites excluding steroid dienone is 1. The Balaban J connectivity index is 1.89. The van der Waals surface area contributed by atoms with Crippen molar-refractivity contribution in [1.29, 1.82) is 0 Å². The molecule has 0 aromatic heterocycles. The predicted octanol–water partition coefficient (Wildman–Crippen LogP) is 0.849. The number of ketones is 2. The molecule has 0 aliphatic heterocycles. The van der Waals surface area contributed by atoms with Crippen LogP contribution in [0.3, 0.4) is 0 Å². The van der Waals surface area contributed by atoms with Crippen LogP contribution in [0.25, 0.3) is 5.76 Å². The zero-order valence-corrected chi connectivity index (χ0v) is 16.0. The SMILES string of the molecule is CN(C)[C@@H]1C(O)=C(C(N)=O)C(=O)C2C(=O)C3=C(O)c4c(O)cccc4C[C@H]3C[C@H]21. The summed E-state index contributed by atoms with van der Waals surface area (Å²) in [6, 6.07) is 4.14. The first-order chi connectivity index (χ1) is 13.6. The van der Waals surface area contributed by atoms with E-state index in [-0.39, 0.29) is 28.6 Å². The Hall–Kier alpha value is -3.13. The number of hydrogen-bond donors (Lipinski definition) is 4. The zero-order valence-electron chi connectivity index (χ0n) is 16.0. The second-order valence-electron chi connectivity index (χ2n) is 8.11. The molecule has 8 heteroatoms. The summed E-state index contributed by atoms with van der Waals surface area (Å²) in [5.41, 5.74) is 5.76. The highest BCUT2D eigenvalue weighted by atomic mass is 16.3. The quantitative estimate of drug-likeness (QED) is 0.427. The van der Waals surface area contributed by atoms with Crippen LogP contribution in [-0.2, 0) is 20.8 Å². The summed E-state index contributed by atoms with van der Waals surface area (Å²) in [5.74, 6) is -5.51. The minimum absolute atomic E-state index is 0.0938. The van der Waals surface area contributed by atoms with E-state index in [0.29, 0.717) is 18.4 Å². The van der Waals surface area contributed by atoms with E-state index in [0.717, 1.165) is 0 Å². The molecular weight excluding hydrogens is 376 g/mol. The lowest BCUT2D eigenvalue weighted by atomic mass is 9.59. The number of aromatic hydroxyl groups is 1. The number of amides is 1. The van der Waals surface area contributed by atoms with Crippen LogP contribution in [0.15, 0.2) is 35.1 Å². The predicted molar refractivity (Wildman–Crippen MR) is 103 cm³/mol. The van der Waals surface area contributed by atoms with Crippen LogP contribution in [0.1, 0.15) is 17.5 Å². The average molecular weight is 398 g/mol. The summed E-state index contributed by atoms with van der Waals surface area (Å²) < 4.78 is 0. The molecule has 0 radical (unpaired) electrons. The number of phenolic OH excluding ortho intramolecular Hbond substituents is 1. The lowest BCUT2D eigenvalue weighted by Gasteiger charge is -2.46. The van der Waals surface area contributed by atoms with Crippen molar-refractivity contribution >= 4 is 23.2 Å².